The van der Waals surface area contributed by atoms with Crippen molar-refractivity contribution in [1.29, 1.82) is 0 Å². The van der Waals surface area contributed by atoms with Gasteiger partial charge in [-0.1, -0.05) is 12.1 Å². The Kier molecular flexibility index (Phi) is 6.30. The molecule has 4 N–H and O–H groups in total. The molecule has 2 aromatic rings. The molecule has 0 unspecified atom stereocenters. The Morgan fingerprint density at radius 1 is 1.36 bits per heavy atom. The molecule has 0 radical (unpaired) electrons. The molecule has 0 saturated carbocycles. The zero-order chi connectivity index (χ0) is 17.5. The van der Waals surface area contributed by atoms with Gasteiger partial charge in [-0.25, -0.2) is 0 Å². The molecule has 136 valence electrons. The van der Waals surface area contributed by atoms with Gasteiger partial charge in [0.05, 0.1) is 13.2 Å². The highest BCUT2D eigenvalue weighted by Crippen LogP contribution is 2.22. The summed E-state index contributed by atoms with van der Waals surface area (Å²) in [6.45, 7) is 8.53. The lowest BCUT2D eigenvalue weighted by atomic mass is 10.1. The van der Waals surface area contributed by atoms with Gasteiger partial charge in [0.1, 0.15) is 0 Å². The number of aromatic amines is 1. The second-order valence-corrected chi connectivity index (χ2v) is 6.56. The zero-order valence-electron chi connectivity index (χ0n) is 15.1. The van der Waals surface area contributed by atoms with Gasteiger partial charge in [-0.3, -0.25) is 9.89 Å². The first-order valence-electron chi connectivity index (χ1n) is 9.13. The molecule has 1 saturated heterocycles. The molecule has 0 atom stereocenters. The summed E-state index contributed by atoms with van der Waals surface area (Å²) in [5, 5.41) is 4.55. The number of fused-ring (bicyclic) bond motifs is 1. The monoisotopic (exact) mass is 343 g/mol. The second kappa shape index (κ2) is 8.87. The molecule has 1 aromatic heterocycles. The average molecular weight is 343 g/mol. The van der Waals surface area contributed by atoms with Crippen molar-refractivity contribution < 1.29 is 4.74 Å². The number of benzene rings is 1. The highest BCUT2D eigenvalue weighted by molar-refractivity contribution is 5.86. The van der Waals surface area contributed by atoms with Crippen LogP contribution in [-0.2, 0) is 11.2 Å². The van der Waals surface area contributed by atoms with Gasteiger partial charge in [-0.05, 0) is 37.0 Å². The minimum Gasteiger partial charge on any atom is -0.379 e. The number of hydrogen-bond acceptors (Lipinski definition) is 3. The first-order valence-corrected chi connectivity index (χ1v) is 9.13. The first-order chi connectivity index (χ1) is 12.2. The van der Waals surface area contributed by atoms with Crippen molar-refractivity contribution in [3.05, 3.63) is 35.5 Å². The molecule has 0 aliphatic carbocycles. The number of rotatable bonds is 7. The van der Waals surface area contributed by atoms with Gasteiger partial charge in [0.25, 0.3) is 0 Å². The predicted octanol–water partition coefficient (Wildman–Crippen LogP) is 1.65. The minimum atomic E-state index is 0.540. The van der Waals surface area contributed by atoms with E-state index in [0.29, 0.717) is 5.96 Å². The SMILES string of the molecule is Cc1cccc2[nH]cc(CCNC(N)=NCCCN3CCOCC3)c12. The number of ether oxygens (including phenoxy) is 1. The summed E-state index contributed by atoms with van der Waals surface area (Å²) in [6, 6.07) is 6.35. The number of nitrogens with one attached hydrogen (secondary N) is 2. The van der Waals surface area contributed by atoms with Crippen LogP contribution in [0.4, 0.5) is 0 Å². The number of guanidine groups is 1. The Hall–Kier alpha value is -2.05. The largest absolute Gasteiger partial charge is 0.379 e. The number of aryl methyl sites for hydroxylation is 1. The molecule has 0 bridgehead atoms. The number of hydrogen-bond donors (Lipinski definition) is 3. The van der Waals surface area contributed by atoms with Gasteiger partial charge >= 0.3 is 0 Å². The maximum absolute atomic E-state index is 5.97. The molecule has 3 rings (SSSR count). The smallest absolute Gasteiger partial charge is 0.188 e. The molecular formula is C19H29N5O. The Morgan fingerprint density at radius 2 is 2.20 bits per heavy atom. The number of nitrogens with two attached hydrogens (primary N) is 1. The molecule has 2 heterocycles. The highest BCUT2D eigenvalue weighted by Gasteiger charge is 2.09. The van der Waals surface area contributed by atoms with E-state index in [4.69, 9.17) is 10.5 Å². The lowest BCUT2D eigenvalue weighted by Crippen LogP contribution is -2.37. The van der Waals surface area contributed by atoms with Crippen LogP contribution in [0.5, 0.6) is 0 Å². The van der Waals surface area contributed by atoms with Gasteiger partial charge in [0, 0.05) is 49.8 Å². The van der Waals surface area contributed by atoms with E-state index in [-0.39, 0.29) is 0 Å². The summed E-state index contributed by atoms with van der Waals surface area (Å²) in [6.07, 6.45) is 4.05. The van der Waals surface area contributed by atoms with Crippen molar-refractivity contribution in [2.24, 2.45) is 10.7 Å². The van der Waals surface area contributed by atoms with Crippen molar-refractivity contribution in [2.75, 3.05) is 45.9 Å². The van der Waals surface area contributed by atoms with E-state index < -0.39 is 0 Å². The third-order valence-corrected chi connectivity index (χ3v) is 4.71. The van der Waals surface area contributed by atoms with Crippen molar-refractivity contribution in [3.63, 3.8) is 0 Å². The minimum absolute atomic E-state index is 0.540. The van der Waals surface area contributed by atoms with Crippen LogP contribution in [0.2, 0.25) is 0 Å². The molecule has 25 heavy (non-hydrogen) atoms. The highest BCUT2D eigenvalue weighted by atomic mass is 16.5. The van der Waals surface area contributed by atoms with Crippen LogP contribution in [0.15, 0.2) is 29.4 Å². The van der Waals surface area contributed by atoms with E-state index in [9.17, 15) is 0 Å². The number of morpholine rings is 1. The number of aromatic nitrogens is 1. The van der Waals surface area contributed by atoms with Crippen LogP contribution in [0, 0.1) is 6.92 Å². The van der Waals surface area contributed by atoms with E-state index in [2.05, 4.69) is 51.5 Å². The lowest BCUT2D eigenvalue weighted by Gasteiger charge is -2.26. The van der Waals surface area contributed by atoms with E-state index in [1.165, 1.54) is 22.0 Å². The molecule has 6 heteroatoms. The second-order valence-electron chi connectivity index (χ2n) is 6.56. The summed E-state index contributed by atoms with van der Waals surface area (Å²) in [5.74, 6) is 0.540. The van der Waals surface area contributed by atoms with E-state index in [0.717, 1.165) is 58.8 Å². The van der Waals surface area contributed by atoms with Gasteiger partial charge in [0.15, 0.2) is 5.96 Å². The fourth-order valence-corrected chi connectivity index (χ4v) is 3.35. The third-order valence-electron chi connectivity index (χ3n) is 4.71. The summed E-state index contributed by atoms with van der Waals surface area (Å²) >= 11 is 0. The third kappa shape index (κ3) is 4.96. The maximum Gasteiger partial charge on any atom is 0.188 e. The summed E-state index contributed by atoms with van der Waals surface area (Å²) < 4.78 is 5.35. The molecular weight excluding hydrogens is 314 g/mol. The Labute approximate surface area is 149 Å². The lowest BCUT2D eigenvalue weighted by molar-refractivity contribution is 0.0377. The van der Waals surface area contributed by atoms with Crippen LogP contribution in [0.25, 0.3) is 10.9 Å². The maximum atomic E-state index is 5.97. The van der Waals surface area contributed by atoms with Crippen LogP contribution < -0.4 is 11.1 Å². The molecule has 1 aromatic carbocycles. The summed E-state index contributed by atoms with van der Waals surface area (Å²) in [4.78, 5) is 10.2. The van der Waals surface area contributed by atoms with Crippen LogP contribution in [-0.4, -0.2) is 61.8 Å². The Morgan fingerprint density at radius 3 is 3.04 bits per heavy atom. The topological polar surface area (TPSA) is 78.7 Å². The van der Waals surface area contributed by atoms with Crippen molar-refractivity contribution >= 4 is 16.9 Å². The van der Waals surface area contributed by atoms with Gasteiger partial charge in [0.2, 0.25) is 0 Å². The van der Waals surface area contributed by atoms with E-state index >= 15 is 0 Å². The summed E-state index contributed by atoms with van der Waals surface area (Å²) in [7, 11) is 0. The molecule has 1 aliphatic rings. The van der Waals surface area contributed by atoms with Crippen LogP contribution in [0.1, 0.15) is 17.5 Å². The van der Waals surface area contributed by atoms with E-state index in [1.807, 2.05) is 0 Å². The fourth-order valence-electron chi connectivity index (χ4n) is 3.35. The van der Waals surface area contributed by atoms with Crippen molar-refractivity contribution in [1.82, 2.24) is 15.2 Å². The normalized spacial score (nSPS) is 16.4. The van der Waals surface area contributed by atoms with Gasteiger partial charge in [-0.15, -0.1) is 0 Å². The predicted molar refractivity (Wildman–Crippen MR) is 103 cm³/mol. The van der Waals surface area contributed by atoms with E-state index in [1.54, 1.807) is 0 Å². The van der Waals surface area contributed by atoms with Crippen molar-refractivity contribution in [3.8, 4) is 0 Å². The Bertz CT molecular complexity index is 703. The molecule has 1 aliphatic heterocycles. The quantitative estimate of drug-likeness (QED) is 0.406. The molecule has 0 spiro atoms. The van der Waals surface area contributed by atoms with Crippen LogP contribution >= 0.6 is 0 Å². The summed E-state index contributed by atoms with van der Waals surface area (Å²) in [5.41, 5.74) is 9.79. The Balaban J connectivity index is 1.39. The molecule has 6 nitrogen and oxygen atoms in total. The van der Waals surface area contributed by atoms with Gasteiger partial charge < -0.3 is 20.8 Å². The van der Waals surface area contributed by atoms with Gasteiger partial charge in [-0.2, -0.15) is 0 Å². The fraction of sp³-hybridized carbons (Fsp3) is 0.526. The van der Waals surface area contributed by atoms with Crippen molar-refractivity contribution in [2.45, 2.75) is 19.8 Å². The van der Waals surface area contributed by atoms with Crippen LogP contribution in [0.3, 0.4) is 0 Å². The number of H-pyrrole nitrogens is 1. The first kappa shape index (κ1) is 17.8. The zero-order valence-corrected chi connectivity index (χ0v) is 15.1. The standard InChI is InChI=1S/C19H29N5O/c1-15-4-2-5-17-18(15)16(14-23-17)6-8-22-19(20)21-7-3-9-24-10-12-25-13-11-24/h2,4-5,14,23H,3,6-13H2,1H3,(H3,20,21,22). The number of nitrogens with zero attached hydrogens (tertiary/aromatic N) is 2. The molecule has 1 fully saturated rings. The number of aliphatic imine (C=N–C) groups is 1. The molecule has 0 amide bonds. The average Bonchev–Trinajstić information content (AvgIpc) is 3.04.